The minimum Gasteiger partial charge on any atom is -0.382 e. The average Bonchev–Trinajstić information content (AvgIpc) is 3.08. The van der Waals surface area contributed by atoms with Crippen molar-refractivity contribution in [2.75, 3.05) is 11.9 Å². The molecule has 122 valence electrons. The van der Waals surface area contributed by atoms with Gasteiger partial charge in [0.25, 0.3) is 5.56 Å². The van der Waals surface area contributed by atoms with E-state index in [4.69, 9.17) is 11.6 Å². The molecule has 0 aliphatic heterocycles. The second kappa shape index (κ2) is 7.64. The molecule has 0 saturated heterocycles. The lowest BCUT2D eigenvalue weighted by Gasteiger charge is -2.12. The summed E-state index contributed by atoms with van der Waals surface area (Å²) in [6.07, 6.45) is 8.13. The van der Waals surface area contributed by atoms with Crippen LogP contribution in [0.3, 0.4) is 0 Å². The van der Waals surface area contributed by atoms with Crippen molar-refractivity contribution in [2.45, 2.75) is 38.6 Å². The maximum Gasteiger partial charge on any atom is 0.287 e. The average molecular weight is 332 g/mol. The lowest BCUT2D eigenvalue weighted by Crippen LogP contribution is -2.25. The molecule has 1 heterocycles. The molecular formula is C18H22ClN3O. The molecule has 2 aromatic rings. The quantitative estimate of drug-likeness (QED) is 0.872. The second-order valence-electron chi connectivity index (χ2n) is 6.19. The number of nitrogens with zero attached hydrogens (tertiary/aromatic N) is 2. The fourth-order valence-corrected chi connectivity index (χ4v) is 3.38. The number of hydrogen-bond acceptors (Lipinski definition) is 3. The van der Waals surface area contributed by atoms with Gasteiger partial charge < -0.3 is 5.32 Å². The summed E-state index contributed by atoms with van der Waals surface area (Å²) in [5.74, 6) is 0.813. The van der Waals surface area contributed by atoms with E-state index in [2.05, 4.69) is 10.4 Å². The summed E-state index contributed by atoms with van der Waals surface area (Å²) in [4.78, 5) is 12.3. The highest BCUT2D eigenvalue weighted by Crippen LogP contribution is 2.27. The monoisotopic (exact) mass is 331 g/mol. The Kier molecular flexibility index (Phi) is 5.34. The van der Waals surface area contributed by atoms with Crippen LogP contribution in [-0.2, 0) is 6.54 Å². The fraction of sp³-hybridized carbons (Fsp3) is 0.444. The van der Waals surface area contributed by atoms with Gasteiger partial charge in [0.05, 0.1) is 18.4 Å². The molecule has 23 heavy (non-hydrogen) atoms. The van der Waals surface area contributed by atoms with Crippen LogP contribution in [0.25, 0.3) is 0 Å². The van der Waals surface area contributed by atoms with Crippen molar-refractivity contribution < 1.29 is 0 Å². The smallest absolute Gasteiger partial charge is 0.287 e. The molecule has 1 aromatic heterocycles. The number of benzene rings is 1. The van der Waals surface area contributed by atoms with Crippen molar-refractivity contribution in [3.8, 4) is 0 Å². The zero-order valence-corrected chi connectivity index (χ0v) is 13.9. The van der Waals surface area contributed by atoms with E-state index >= 15 is 0 Å². The predicted molar refractivity (Wildman–Crippen MR) is 94.1 cm³/mol. The zero-order chi connectivity index (χ0) is 16.1. The lowest BCUT2D eigenvalue weighted by molar-refractivity contribution is 0.518. The summed E-state index contributed by atoms with van der Waals surface area (Å²) in [6, 6.07) is 9.78. The van der Waals surface area contributed by atoms with Crippen molar-refractivity contribution in [3.05, 3.63) is 57.5 Å². The summed E-state index contributed by atoms with van der Waals surface area (Å²) in [7, 11) is 0. The predicted octanol–water partition coefficient (Wildman–Crippen LogP) is 3.94. The van der Waals surface area contributed by atoms with Gasteiger partial charge in [0.15, 0.2) is 0 Å². The number of aromatic nitrogens is 2. The van der Waals surface area contributed by atoms with Crippen LogP contribution in [0.2, 0.25) is 5.02 Å². The first-order valence-electron chi connectivity index (χ1n) is 8.27. The maximum atomic E-state index is 12.3. The molecule has 0 radical (unpaired) electrons. The summed E-state index contributed by atoms with van der Waals surface area (Å²) in [6.45, 7) is 1.27. The van der Waals surface area contributed by atoms with E-state index in [1.54, 1.807) is 6.20 Å². The van der Waals surface area contributed by atoms with Crippen LogP contribution in [0.1, 0.15) is 37.7 Å². The molecule has 4 nitrogen and oxygen atoms in total. The Morgan fingerprint density at radius 2 is 1.96 bits per heavy atom. The van der Waals surface area contributed by atoms with Gasteiger partial charge in [-0.2, -0.15) is 5.10 Å². The highest BCUT2D eigenvalue weighted by atomic mass is 35.5. The van der Waals surface area contributed by atoms with E-state index in [0.717, 1.165) is 24.4 Å². The molecule has 0 bridgehead atoms. The molecule has 0 unspecified atom stereocenters. The molecule has 5 heteroatoms. The van der Waals surface area contributed by atoms with Crippen LogP contribution in [0.4, 0.5) is 5.69 Å². The van der Waals surface area contributed by atoms with E-state index in [1.165, 1.54) is 30.4 Å². The largest absolute Gasteiger partial charge is 0.382 e. The van der Waals surface area contributed by atoms with Gasteiger partial charge >= 0.3 is 0 Å². The molecule has 1 aliphatic carbocycles. The van der Waals surface area contributed by atoms with Gasteiger partial charge in [-0.05, 0) is 17.9 Å². The minimum atomic E-state index is -0.249. The molecule has 1 N–H and O–H groups in total. The van der Waals surface area contributed by atoms with Gasteiger partial charge in [0.2, 0.25) is 0 Å². The van der Waals surface area contributed by atoms with E-state index in [-0.39, 0.29) is 10.6 Å². The molecule has 1 fully saturated rings. The van der Waals surface area contributed by atoms with Crippen LogP contribution in [0.5, 0.6) is 0 Å². The zero-order valence-electron chi connectivity index (χ0n) is 13.2. The van der Waals surface area contributed by atoms with E-state index in [0.29, 0.717) is 12.2 Å². The van der Waals surface area contributed by atoms with Crippen LogP contribution in [0.15, 0.2) is 41.3 Å². The SMILES string of the molecule is O=c1c(Cl)c(NCCC2CCCC2)cnn1Cc1ccccc1. The molecule has 0 amide bonds. The normalized spacial score (nSPS) is 15.0. The van der Waals surface area contributed by atoms with Crippen molar-refractivity contribution in [1.82, 2.24) is 9.78 Å². The standard InChI is InChI=1S/C18H22ClN3O/c19-17-16(20-11-10-14-6-4-5-7-14)12-21-22(18(17)23)13-15-8-2-1-3-9-15/h1-3,8-9,12,14,20H,4-7,10-11,13H2. The van der Waals surface area contributed by atoms with Crippen molar-refractivity contribution in [3.63, 3.8) is 0 Å². The number of anilines is 1. The van der Waals surface area contributed by atoms with Crippen LogP contribution >= 0.6 is 11.6 Å². The van der Waals surface area contributed by atoms with Crippen LogP contribution in [0, 0.1) is 5.92 Å². The first kappa shape index (κ1) is 16.1. The molecule has 0 atom stereocenters. The molecule has 0 spiro atoms. The summed E-state index contributed by atoms with van der Waals surface area (Å²) in [5, 5.41) is 7.73. The summed E-state index contributed by atoms with van der Waals surface area (Å²) in [5.41, 5.74) is 1.42. The third kappa shape index (κ3) is 4.14. The highest BCUT2D eigenvalue weighted by molar-refractivity contribution is 6.32. The highest BCUT2D eigenvalue weighted by Gasteiger charge is 2.15. The topological polar surface area (TPSA) is 46.9 Å². The van der Waals surface area contributed by atoms with Gasteiger partial charge in [0, 0.05) is 6.54 Å². The van der Waals surface area contributed by atoms with Gasteiger partial charge in [-0.1, -0.05) is 67.6 Å². The first-order valence-corrected chi connectivity index (χ1v) is 8.65. The summed E-state index contributed by atoms with van der Waals surface area (Å²) < 4.78 is 1.40. The minimum absolute atomic E-state index is 0.224. The maximum absolute atomic E-state index is 12.3. The fourth-order valence-electron chi connectivity index (χ4n) is 3.17. The summed E-state index contributed by atoms with van der Waals surface area (Å²) >= 11 is 6.22. The van der Waals surface area contributed by atoms with Gasteiger partial charge in [0.1, 0.15) is 5.02 Å². The Labute approximate surface area is 141 Å². The molecule has 1 saturated carbocycles. The number of nitrogens with one attached hydrogen (secondary N) is 1. The van der Waals surface area contributed by atoms with Gasteiger partial charge in [-0.3, -0.25) is 4.79 Å². The number of hydrogen-bond donors (Lipinski definition) is 1. The lowest BCUT2D eigenvalue weighted by atomic mass is 10.0. The molecular weight excluding hydrogens is 310 g/mol. The number of rotatable bonds is 6. The van der Waals surface area contributed by atoms with Crippen LogP contribution in [-0.4, -0.2) is 16.3 Å². The van der Waals surface area contributed by atoms with Crippen molar-refractivity contribution >= 4 is 17.3 Å². The Hall–Kier alpha value is -1.81. The van der Waals surface area contributed by atoms with Crippen LogP contribution < -0.4 is 10.9 Å². The van der Waals surface area contributed by atoms with E-state index < -0.39 is 0 Å². The molecule has 1 aromatic carbocycles. The Morgan fingerprint density at radius 3 is 2.70 bits per heavy atom. The third-order valence-corrected chi connectivity index (χ3v) is 4.87. The Morgan fingerprint density at radius 1 is 1.22 bits per heavy atom. The molecule has 3 rings (SSSR count). The van der Waals surface area contributed by atoms with Gasteiger partial charge in [-0.15, -0.1) is 0 Å². The van der Waals surface area contributed by atoms with E-state index in [9.17, 15) is 4.79 Å². The Bertz CT molecular complexity index is 693. The third-order valence-electron chi connectivity index (χ3n) is 4.50. The Balaban J connectivity index is 1.64. The van der Waals surface area contributed by atoms with Crippen molar-refractivity contribution in [1.29, 1.82) is 0 Å². The van der Waals surface area contributed by atoms with E-state index in [1.807, 2.05) is 30.3 Å². The molecule has 1 aliphatic rings. The second-order valence-corrected chi connectivity index (χ2v) is 6.56. The van der Waals surface area contributed by atoms with Crippen molar-refractivity contribution in [2.24, 2.45) is 5.92 Å². The van der Waals surface area contributed by atoms with Gasteiger partial charge in [-0.25, -0.2) is 4.68 Å². The first-order chi connectivity index (χ1) is 11.2. The number of halogens is 1.